The normalized spacial score (nSPS) is 22.2. The highest BCUT2D eigenvalue weighted by atomic mass is 16.7. The van der Waals surface area contributed by atoms with Crippen molar-refractivity contribution in [2.75, 3.05) is 13.2 Å². The molecule has 0 radical (unpaired) electrons. The second-order valence-electron chi connectivity index (χ2n) is 5.60. The molecule has 0 bridgehead atoms. The van der Waals surface area contributed by atoms with Crippen molar-refractivity contribution in [1.29, 1.82) is 0 Å². The van der Waals surface area contributed by atoms with Crippen LogP contribution in [0.2, 0.25) is 0 Å². The van der Waals surface area contributed by atoms with Gasteiger partial charge in [0.1, 0.15) is 5.75 Å². The summed E-state index contributed by atoms with van der Waals surface area (Å²) in [4.78, 5) is 11.8. The number of ketones is 1. The first-order valence-corrected chi connectivity index (χ1v) is 7.75. The topological polar surface area (TPSA) is 55.8 Å². The van der Waals surface area contributed by atoms with Gasteiger partial charge in [0.15, 0.2) is 12.1 Å². The predicted molar refractivity (Wildman–Crippen MR) is 80.4 cm³/mol. The summed E-state index contributed by atoms with van der Waals surface area (Å²) in [5.41, 5.74) is 1.13. The molecule has 1 N–H and O–H groups in total. The highest BCUT2D eigenvalue weighted by molar-refractivity contribution is 5.98. The number of phenolic OH excluding ortho intramolecular Hbond substituents is 1. The number of phenols is 1. The summed E-state index contributed by atoms with van der Waals surface area (Å²) in [5, 5.41) is 10.0. The van der Waals surface area contributed by atoms with Gasteiger partial charge in [-0.25, -0.2) is 0 Å². The smallest absolute Gasteiger partial charge is 0.183 e. The Morgan fingerprint density at radius 2 is 1.95 bits per heavy atom. The fourth-order valence-corrected chi connectivity index (χ4v) is 2.60. The number of hydrogen-bond donors (Lipinski definition) is 1. The summed E-state index contributed by atoms with van der Waals surface area (Å²) in [6.45, 7) is 5.45. The Bertz CT molecular complexity index is 476. The summed E-state index contributed by atoms with van der Waals surface area (Å²) in [6, 6.07) is 5.04. The molecule has 0 atom stereocenters. The highest BCUT2D eigenvalue weighted by Crippen LogP contribution is 2.30. The molecule has 0 spiro atoms. The first kappa shape index (κ1) is 16.0. The molecule has 0 saturated carbocycles. The molecule has 4 nitrogen and oxygen atoms in total. The average Bonchev–Trinajstić information content (AvgIpc) is 2.48. The molecule has 0 aromatic heterocycles. The van der Waals surface area contributed by atoms with E-state index in [-0.39, 0.29) is 11.5 Å². The number of hydrogen-bond acceptors (Lipinski definition) is 4. The molecule has 116 valence electrons. The lowest BCUT2D eigenvalue weighted by molar-refractivity contribution is -0.206. The predicted octanol–water partition coefficient (Wildman–Crippen LogP) is 3.84. The van der Waals surface area contributed by atoms with Crippen LogP contribution in [0.1, 0.15) is 61.7 Å². The number of Topliss-reactive ketones (excluding diaryl/α,β-unsaturated/α-hetero) is 1. The van der Waals surface area contributed by atoms with E-state index in [2.05, 4.69) is 6.92 Å². The molecule has 1 aliphatic heterocycles. The van der Waals surface area contributed by atoms with Crippen LogP contribution in [0.5, 0.6) is 5.75 Å². The molecule has 1 aliphatic rings. The second-order valence-corrected chi connectivity index (χ2v) is 5.60. The van der Waals surface area contributed by atoms with Crippen molar-refractivity contribution in [3.05, 3.63) is 29.3 Å². The standard InChI is InChI=1S/C17H24O4/c1-3-5-12-10-20-17(21-11-12)13-7-8-14(16(19)9-13)15(18)6-4-2/h7-9,12,17,19H,3-6,10-11H2,1-2H3. The van der Waals surface area contributed by atoms with Crippen molar-refractivity contribution in [3.63, 3.8) is 0 Å². The van der Waals surface area contributed by atoms with E-state index in [0.717, 1.165) is 24.8 Å². The van der Waals surface area contributed by atoms with Gasteiger partial charge in [-0.05, 0) is 25.0 Å². The lowest BCUT2D eigenvalue weighted by Gasteiger charge is -2.29. The second kappa shape index (κ2) is 7.57. The van der Waals surface area contributed by atoms with Crippen LogP contribution in [-0.4, -0.2) is 24.1 Å². The minimum absolute atomic E-state index is 0.00818. The summed E-state index contributed by atoms with van der Waals surface area (Å²) in [5.74, 6) is 0.425. The molecule has 21 heavy (non-hydrogen) atoms. The summed E-state index contributed by atoms with van der Waals surface area (Å²) < 4.78 is 11.4. The van der Waals surface area contributed by atoms with Gasteiger partial charge in [0.05, 0.1) is 18.8 Å². The zero-order valence-corrected chi connectivity index (χ0v) is 12.8. The molecule has 1 aromatic rings. The molecule has 2 rings (SSSR count). The molecule has 4 heteroatoms. The van der Waals surface area contributed by atoms with E-state index in [1.807, 2.05) is 6.92 Å². The van der Waals surface area contributed by atoms with Gasteiger partial charge in [-0.1, -0.05) is 26.3 Å². The number of rotatable bonds is 6. The maximum absolute atomic E-state index is 11.8. The monoisotopic (exact) mass is 292 g/mol. The van der Waals surface area contributed by atoms with Crippen LogP contribution in [0.25, 0.3) is 0 Å². The van der Waals surface area contributed by atoms with Crippen molar-refractivity contribution in [3.8, 4) is 5.75 Å². The van der Waals surface area contributed by atoms with E-state index in [1.165, 1.54) is 0 Å². The Hall–Kier alpha value is -1.39. The largest absolute Gasteiger partial charge is 0.507 e. The Kier molecular flexibility index (Phi) is 5.76. The van der Waals surface area contributed by atoms with Crippen LogP contribution in [-0.2, 0) is 9.47 Å². The molecule has 0 unspecified atom stereocenters. The summed E-state index contributed by atoms with van der Waals surface area (Å²) >= 11 is 0. The fraction of sp³-hybridized carbons (Fsp3) is 0.588. The van der Waals surface area contributed by atoms with E-state index in [1.54, 1.807) is 18.2 Å². The van der Waals surface area contributed by atoms with E-state index >= 15 is 0 Å². The van der Waals surface area contributed by atoms with Gasteiger partial charge < -0.3 is 14.6 Å². The van der Waals surface area contributed by atoms with E-state index in [4.69, 9.17) is 9.47 Å². The first-order valence-electron chi connectivity index (χ1n) is 7.75. The Morgan fingerprint density at radius 3 is 2.52 bits per heavy atom. The molecular formula is C17H24O4. The maximum atomic E-state index is 11.8. The van der Waals surface area contributed by atoms with Gasteiger partial charge in [-0.15, -0.1) is 0 Å². The van der Waals surface area contributed by atoms with E-state index < -0.39 is 6.29 Å². The lowest BCUT2D eigenvalue weighted by atomic mass is 10.0. The van der Waals surface area contributed by atoms with Gasteiger partial charge in [0, 0.05) is 17.9 Å². The van der Waals surface area contributed by atoms with Crippen LogP contribution in [0, 0.1) is 5.92 Å². The van der Waals surface area contributed by atoms with Crippen molar-refractivity contribution >= 4 is 5.78 Å². The highest BCUT2D eigenvalue weighted by Gasteiger charge is 2.24. The maximum Gasteiger partial charge on any atom is 0.183 e. The molecule has 0 amide bonds. The molecule has 1 aromatic carbocycles. The minimum Gasteiger partial charge on any atom is -0.507 e. The molecule has 0 aliphatic carbocycles. The minimum atomic E-state index is -0.445. The molecule has 1 heterocycles. The van der Waals surface area contributed by atoms with Crippen molar-refractivity contribution < 1.29 is 19.4 Å². The fourth-order valence-electron chi connectivity index (χ4n) is 2.60. The number of carbonyl (C=O) groups excluding carboxylic acids is 1. The van der Waals surface area contributed by atoms with Crippen LogP contribution in [0.15, 0.2) is 18.2 Å². The van der Waals surface area contributed by atoms with Gasteiger partial charge >= 0.3 is 0 Å². The van der Waals surface area contributed by atoms with E-state index in [0.29, 0.717) is 31.1 Å². The average molecular weight is 292 g/mol. The number of benzene rings is 1. The quantitative estimate of drug-likeness (QED) is 0.809. The van der Waals surface area contributed by atoms with Crippen molar-refractivity contribution in [2.24, 2.45) is 5.92 Å². The zero-order valence-electron chi connectivity index (χ0n) is 12.8. The number of carbonyl (C=O) groups is 1. The molecule has 1 fully saturated rings. The van der Waals surface area contributed by atoms with Crippen LogP contribution < -0.4 is 0 Å². The van der Waals surface area contributed by atoms with E-state index in [9.17, 15) is 9.90 Å². The molecule has 1 saturated heterocycles. The zero-order chi connectivity index (χ0) is 15.2. The van der Waals surface area contributed by atoms with Gasteiger partial charge in [-0.3, -0.25) is 4.79 Å². The van der Waals surface area contributed by atoms with Crippen LogP contribution in [0.3, 0.4) is 0 Å². The Labute approximate surface area is 126 Å². The Morgan fingerprint density at radius 1 is 1.24 bits per heavy atom. The third-order valence-corrected chi connectivity index (χ3v) is 3.73. The van der Waals surface area contributed by atoms with Gasteiger partial charge in [0.2, 0.25) is 0 Å². The summed E-state index contributed by atoms with van der Waals surface area (Å²) in [7, 11) is 0. The Balaban J connectivity index is 2.02. The van der Waals surface area contributed by atoms with Crippen molar-refractivity contribution in [2.45, 2.75) is 45.8 Å². The number of aromatic hydroxyl groups is 1. The third kappa shape index (κ3) is 4.05. The van der Waals surface area contributed by atoms with Crippen molar-refractivity contribution in [1.82, 2.24) is 0 Å². The lowest BCUT2D eigenvalue weighted by Crippen LogP contribution is -2.27. The van der Waals surface area contributed by atoms with Gasteiger partial charge in [-0.2, -0.15) is 0 Å². The van der Waals surface area contributed by atoms with Crippen LogP contribution in [0.4, 0.5) is 0 Å². The third-order valence-electron chi connectivity index (χ3n) is 3.73. The first-order chi connectivity index (χ1) is 10.2. The summed E-state index contributed by atoms with van der Waals surface area (Å²) in [6.07, 6.45) is 2.99. The number of ether oxygens (including phenoxy) is 2. The molecular weight excluding hydrogens is 268 g/mol. The van der Waals surface area contributed by atoms with Crippen LogP contribution >= 0.6 is 0 Å². The van der Waals surface area contributed by atoms with Gasteiger partial charge in [0.25, 0.3) is 0 Å². The SMILES string of the molecule is CCCC(=O)c1ccc(C2OCC(CCC)CO2)cc1O.